The molecule has 4 rings (SSSR count). The molecule has 5 unspecified atom stereocenters. The Bertz CT molecular complexity index is 1380. The standard InChI is InChI=1S/C29H30O13/c1-36-20-12-16(4-8-18(20)30)6-10-24(32)39-15-23-27-26(34)22(14-29(41-23,42-27)28(35)38-3)40-25(33)11-7-17-5-9-19(31)21(13-17)37-2/h4-13,22-23,26-27,30-31,34H,14-15H2,1-3H3/b10-6+,11-7+. The first kappa shape index (κ1) is 30.4. The zero-order chi connectivity index (χ0) is 30.4. The fourth-order valence-corrected chi connectivity index (χ4v) is 4.52. The number of aliphatic hydroxyl groups is 1. The minimum absolute atomic E-state index is 0.0576. The molecule has 0 amide bonds. The van der Waals surface area contributed by atoms with Crippen molar-refractivity contribution in [2.24, 2.45) is 0 Å². The molecule has 0 radical (unpaired) electrons. The van der Waals surface area contributed by atoms with Crippen LogP contribution in [0.2, 0.25) is 0 Å². The van der Waals surface area contributed by atoms with E-state index in [0.29, 0.717) is 11.1 Å². The highest BCUT2D eigenvalue weighted by Gasteiger charge is 2.63. The van der Waals surface area contributed by atoms with Crippen molar-refractivity contribution in [1.82, 2.24) is 0 Å². The molecule has 13 heteroatoms. The number of rotatable bonds is 10. The number of hydrogen-bond acceptors (Lipinski definition) is 13. The number of hydrogen-bond donors (Lipinski definition) is 3. The van der Waals surface area contributed by atoms with Gasteiger partial charge in [-0.15, -0.1) is 0 Å². The van der Waals surface area contributed by atoms with E-state index < -0.39 is 54.7 Å². The van der Waals surface area contributed by atoms with E-state index in [1.807, 2.05) is 0 Å². The van der Waals surface area contributed by atoms with E-state index in [1.165, 1.54) is 50.6 Å². The van der Waals surface area contributed by atoms with Gasteiger partial charge in [-0.1, -0.05) is 12.1 Å². The van der Waals surface area contributed by atoms with Crippen molar-refractivity contribution in [2.45, 2.75) is 36.6 Å². The van der Waals surface area contributed by atoms with Crippen LogP contribution in [0.1, 0.15) is 17.5 Å². The molecular formula is C29H30O13. The highest BCUT2D eigenvalue weighted by molar-refractivity contribution is 5.88. The molecule has 2 aliphatic rings. The molecule has 5 atom stereocenters. The van der Waals surface area contributed by atoms with Crippen LogP contribution in [-0.2, 0) is 38.1 Å². The first-order chi connectivity index (χ1) is 20.1. The molecule has 2 aromatic rings. The largest absolute Gasteiger partial charge is 0.504 e. The van der Waals surface area contributed by atoms with Crippen LogP contribution < -0.4 is 9.47 Å². The second-order valence-corrected chi connectivity index (χ2v) is 9.31. The highest BCUT2D eigenvalue weighted by atomic mass is 16.8. The third-order valence-electron chi connectivity index (χ3n) is 6.61. The van der Waals surface area contributed by atoms with Crippen molar-refractivity contribution in [2.75, 3.05) is 27.9 Å². The zero-order valence-electron chi connectivity index (χ0n) is 22.9. The molecular weight excluding hydrogens is 556 g/mol. The van der Waals surface area contributed by atoms with Crippen LogP contribution in [0.4, 0.5) is 0 Å². The summed E-state index contributed by atoms with van der Waals surface area (Å²) in [5.74, 6) is -4.18. The van der Waals surface area contributed by atoms with E-state index in [0.717, 1.165) is 19.3 Å². The first-order valence-corrected chi connectivity index (χ1v) is 12.7. The van der Waals surface area contributed by atoms with Crippen molar-refractivity contribution in [3.8, 4) is 23.0 Å². The molecule has 0 aromatic heterocycles. The lowest BCUT2D eigenvalue weighted by atomic mass is 9.95. The van der Waals surface area contributed by atoms with E-state index in [-0.39, 0.29) is 29.4 Å². The van der Waals surface area contributed by atoms with Gasteiger partial charge in [-0.25, -0.2) is 14.4 Å². The predicted molar refractivity (Wildman–Crippen MR) is 143 cm³/mol. The van der Waals surface area contributed by atoms with Gasteiger partial charge in [0, 0.05) is 12.2 Å². The summed E-state index contributed by atoms with van der Waals surface area (Å²) in [6.07, 6.45) is -0.209. The number of aromatic hydroxyl groups is 2. The van der Waals surface area contributed by atoms with Crippen molar-refractivity contribution in [3.05, 3.63) is 59.7 Å². The van der Waals surface area contributed by atoms with Gasteiger partial charge in [0.1, 0.15) is 31.0 Å². The molecule has 42 heavy (non-hydrogen) atoms. The van der Waals surface area contributed by atoms with Gasteiger partial charge in [0.15, 0.2) is 23.0 Å². The maximum atomic E-state index is 12.6. The van der Waals surface area contributed by atoms with Gasteiger partial charge >= 0.3 is 17.9 Å². The monoisotopic (exact) mass is 586 g/mol. The van der Waals surface area contributed by atoms with Crippen LogP contribution in [0, 0.1) is 0 Å². The van der Waals surface area contributed by atoms with Gasteiger partial charge in [-0.05, 0) is 47.5 Å². The van der Waals surface area contributed by atoms with E-state index in [4.69, 9.17) is 33.2 Å². The second-order valence-electron chi connectivity index (χ2n) is 9.31. The number of aliphatic hydroxyl groups excluding tert-OH is 1. The van der Waals surface area contributed by atoms with Crippen LogP contribution in [0.5, 0.6) is 23.0 Å². The topological polar surface area (TPSA) is 177 Å². The number of phenols is 2. The molecule has 0 saturated carbocycles. The number of methoxy groups -OCH3 is 3. The molecule has 3 N–H and O–H groups in total. The van der Waals surface area contributed by atoms with Crippen LogP contribution in [0.3, 0.4) is 0 Å². The number of benzene rings is 2. The lowest BCUT2D eigenvalue weighted by Crippen LogP contribution is -2.55. The molecule has 2 fully saturated rings. The van der Waals surface area contributed by atoms with Crippen LogP contribution in [-0.4, -0.2) is 91.4 Å². The predicted octanol–water partition coefficient (Wildman–Crippen LogP) is 1.71. The number of carbonyl (C=O) groups is 3. The smallest absolute Gasteiger partial charge is 0.366 e. The number of fused-ring (bicyclic) bond motifs is 2. The summed E-state index contributed by atoms with van der Waals surface area (Å²) in [5.41, 5.74) is 1.09. The first-order valence-electron chi connectivity index (χ1n) is 12.7. The Morgan fingerprint density at radius 2 is 1.48 bits per heavy atom. The summed E-state index contributed by atoms with van der Waals surface area (Å²) in [6, 6.07) is 8.94. The van der Waals surface area contributed by atoms with Gasteiger partial charge < -0.3 is 48.5 Å². The minimum atomic E-state index is -1.99. The summed E-state index contributed by atoms with van der Waals surface area (Å²) >= 11 is 0. The minimum Gasteiger partial charge on any atom is -0.504 e. The van der Waals surface area contributed by atoms with Crippen LogP contribution in [0.15, 0.2) is 48.6 Å². The Kier molecular flexibility index (Phi) is 9.35. The molecule has 0 aliphatic carbocycles. The van der Waals surface area contributed by atoms with Crippen molar-refractivity contribution < 1.29 is 62.9 Å². The number of phenolic OH excluding ortho intramolecular Hbond substituents is 2. The summed E-state index contributed by atoms with van der Waals surface area (Å²) in [6.45, 7) is -0.397. The molecule has 13 nitrogen and oxygen atoms in total. The number of ether oxygens (including phenoxy) is 7. The maximum Gasteiger partial charge on any atom is 0.366 e. The Morgan fingerprint density at radius 1 is 0.905 bits per heavy atom. The van der Waals surface area contributed by atoms with Crippen LogP contribution >= 0.6 is 0 Å². The van der Waals surface area contributed by atoms with Crippen molar-refractivity contribution in [3.63, 3.8) is 0 Å². The van der Waals surface area contributed by atoms with Gasteiger partial charge in [0.2, 0.25) is 0 Å². The molecule has 0 spiro atoms. The lowest BCUT2D eigenvalue weighted by molar-refractivity contribution is -0.249. The third kappa shape index (κ3) is 6.65. The van der Waals surface area contributed by atoms with Crippen LogP contribution in [0.25, 0.3) is 12.2 Å². The molecule has 2 heterocycles. The molecule has 2 aliphatic heterocycles. The fraction of sp³-hybridized carbons (Fsp3) is 0.345. The lowest BCUT2D eigenvalue weighted by Gasteiger charge is -2.36. The number of carbonyl (C=O) groups excluding carboxylic acids is 3. The highest BCUT2D eigenvalue weighted by Crippen LogP contribution is 2.42. The van der Waals surface area contributed by atoms with E-state index in [2.05, 4.69) is 0 Å². The van der Waals surface area contributed by atoms with Crippen molar-refractivity contribution in [1.29, 1.82) is 0 Å². The van der Waals surface area contributed by atoms with E-state index >= 15 is 0 Å². The molecule has 2 saturated heterocycles. The normalized spacial score (nSPS) is 24.9. The van der Waals surface area contributed by atoms with Gasteiger partial charge in [-0.3, -0.25) is 0 Å². The van der Waals surface area contributed by atoms with Crippen molar-refractivity contribution >= 4 is 30.1 Å². The van der Waals surface area contributed by atoms with Gasteiger partial charge in [-0.2, -0.15) is 0 Å². The van der Waals surface area contributed by atoms with E-state index in [1.54, 1.807) is 12.1 Å². The average Bonchev–Trinajstić information content (AvgIpc) is 3.32. The Hall–Kier alpha value is -4.59. The second kappa shape index (κ2) is 12.9. The average molecular weight is 587 g/mol. The maximum absolute atomic E-state index is 12.6. The summed E-state index contributed by atoms with van der Waals surface area (Å²) in [5, 5.41) is 30.3. The van der Waals surface area contributed by atoms with E-state index in [9.17, 15) is 29.7 Å². The third-order valence-corrected chi connectivity index (χ3v) is 6.61. The van der Waals surface area contributed by atoms with Gasteiger partial charge in [0.25, 0.3) is 5.79 Å². The summed E-state index contributed by atoms with van der Waals surface area (Å²) in [4.78, 5) is 37.5. The zero-order valence-corrected chi connectivity index (χ0v) is 22.9. The SMILES string of the molecule is COC(=O)C12CC(OC(=O)/C=C/c3ccc(O)c(OC)c3)C(O)C(O1)C(COC(=O)/C=C/c1ccc(O)c(OC)c1)O2. The Labute approximate surface area is 240 Å². The molecule has 2 bridgehead atoms. The molecule has 224 valence electrons. The summed E-state index contributed by atoms with van der Waals surface area (Å²) < 4.78 is 37.1. The summed E-state index contributed by atoms with van der Waals surface area (Å²) in [7, 11) is 3.90. The number of esters is 3. The Balaban J connectivity index is 1.41. The Morgan fingerprint density at radius 3 is 2.02 bits per heavy atom. The van der Waals surface area contributed by atoms with Gasteiger partial charge in [0.05, 0.1) is 27.8 Å². The molecule has 2 aromatic carbocycles. The fourth-order valence-electron chi connectivity index (χ4n) is 4.52. The quantitative estimate of drug-likeness (QED) is 0.209.